The first kappa shape index (κ1) is 15.7. The summed E-state index contributed by atoms with van der Waals surface area (Å²) < 4.78 is 7.50. The number of fused-ring (bicyclic) bond motifs is 1. The molecule has 1 aliphatic rings. The summed E-state index contributed by atoms with van der Waals surface area (Å²) in [7, 11) is 1.95. The molecule has 1 fully saturated rings. The Hall–Kier alpha value is -2.83. The Bertz CT molecular complexity index is 880. The summed E-state index contributed by atoms with van der Waals surface area (Å²) in [4.78, 5) is 19.0. The number of rotatable bonds is 3. The highest BCUT2D eigenvalue weighted by Crippen LogP contribution is 2.21. The van der Waals surface area contributed by atoms with E-state index in [1.54, 1.807) is 18.3 Å². The van der Waals surface area contributed by atoms with E-state index in [1.807, 2.05) is 24.7 Å². The van der Waals surface area contributed by atoms with Crippen LogP contribution < -0.4 is 10.2 Å². The lowest BCUT2D eigenvalue weighted by atomic mass is 10.1. The average Bonchev–Trinajstić information content (AvgIpc) is 3.18. The number of pyridine rings is 1. The molecule has 0 aromatic carbocycles. The number of carbonyl (C=O) groups is 1. The van der Waals surface area contributed by atoms with Crippen molar-refractivity contribution in [2.45, 2.75) is 25.8 Å². The Morgan fingerprint density at radius 1 is 1.40 bits per heavy atom. The number of furan rings is 1. The van der Waals surface area contributed by atoms with Gasteiger partial charge >= 0.3 is 0 Å². The Kier molecular flexibility index (Phi) is 3.91. The zero-order chi connectivity index (χ0) is 17.4. The summed E-state index contributed by atoms with van der Waals surface area (Å²) in [5.41, 5.74) is 2.32. The first-order valence-corrected chi connectivity index (χ1v) is 8.51. The summed E-state index contributed by atoms with van der Waals surface area (Å²) in [6.07, 6.45) is 3.67. The molecule has 0 saturated carbocycles. The molecule has 1 saturated heterocycles. The lowest BCUT2D eigenvalue weighted by Crippen LogP contribution is -2.48. The van der Waals surface area contributed by atoms with Crippen molar-refractivity contribution in [3.8, 4) is 0 Å². The largest absolute Gasteiger partial charge is 0.449 e. The number of hydrogen-bond acceptors (Lipinski definition) is 5. The Morgan fingerprint density at radius 2 is 2.28 bits per heavy atom. The van der Waals surface area contributed by atoms with E-state index in [0.29, 0.717) is 16.9 Å². The van der Waals surface area contributed by atoms with Crippen LogP contribution in [0.2, 0.25) is 0 Å². The lowest BCUT2D eigenvalue weighted by Gasteiger charge is -2.34. The maximum Gasteiger partial charge on any atom is 0.287 e. The molecule has 1 amide bonds. The molecule has 3 aromatic rings. The van der Waals surface area contributed by atoms with Crippen LogP contribution in [0.4, 0.5) is 5.82 Å². The van der Waals surface area contributed by atoms with Crippen LogP contribution in [0.3, 0.4) is 0 Å². The number of anilines is 1. The number of aryl methyl sites for hydroxylation is 2. The first-order valence-electron chi connectivity index (χ1n) is 8.51. The van der Waals surface area contributed by atoms with Crippen molar-refractivity contribution in [3.63, 3.8) is 0 Å². The molecule has 0 spiro atoms. The topological polar surface area (TPSA) is 76.2 Å². The zero-order valence-corrected chi connectivity index (χ0v) is 14.4. The third-order valence-electron chi connectivity index (χ3n) is 4.57. The van der Waals surface area contributed by atoms with Crippen LogP contribution in [0.1, 0.15) is 29.1 Å². The summed E-state index contributed by atoms with van der Waals surface area (Å²) in [5, 5.41) is 7.50. The minimum atomic E-state index is -0.189. The van der Waals surface area contributed by atoms with Crippen LogP contribution in [0.15, 0.2) is 34.9 Å². The molecule has 1 atom stereocenters. The Balaban J connectivity index is 1.46. The minimum absolute atomic E-state index is 0.0811. The average molecular weight is 339 g/mol. The fourth-order valence-electron chi connectivity index (χ4n) is 3.43. The predicted molar refractivity (Wildman–Crippen MR) is 94.7 cm³/mol. The highest BCUT2D eigenvalue weighted by Gasteiger charge is 2.25. The van der Waals surface area contributed by atoms with E-state index in [9.17, 15) is 4.79 Å². The van der Waals surface area contributed by atoms with Crippen molar-refractivity contribution in [1.82, 2.24) is 20.1 Å². The molecule has 1 unspecified atom stereocenters. The van der Waals surface area contributed by atoms with Gasteiger partial charge in [0.25, 0.3) is 5.91 Å². The summed E-state index contributed by atoms with van der Waals surface area (Å²) in [6, 6.07) is 7.46. The van der Waals surface area contributed by atoms with Crippen LogP contribution in [-0.2, 0) is 7.05 Å². The molecule has 25 heavy (non-hydrogen) atoms. The third-order valence-corrected chi connectivity index (χ3v) is 4.57. The SMILES string of the molecule is Cc1cc(N2CCCC(NC(=O)c3cc4ncccc4o3)C2)n(C)n1. The Labute approximate surface area is 145 Å². The second-order valence-corrected chi connectivity index (χ2v) is 6.52. The summed E-state index contributed by atoms with van der Waals surface area (Å²) in [6.45, 7) is 3.73. The number of nitrogens with zero attached hydrogens (tertiary/aromatic N) is 4. The Morgan fingerprint density at radius 3 is 3.04 bits per heavy atom. The molecule has 7 nitrogen and oxygen atoms in total. The van der Waals surface area contributed by atoms with Crippen molar-refractivity contribution >= 4 is 22.8 Å². The fraction of sp³-hybridized carbons (Fsp3) is 0.389. The highest BCUT2D eigenvalue weighted by atomic mass is 16.3. The van der Waals surface area contributed by atoms with Gasteiger partial charge < -0.3 is 14.6 Å². The molecule has 4 rings (SSSR count). The number of hydrogen-bond donors (Lipinski definition) is 1. The van der Waals surface area contributed by atoms with E-state index < -0.39 is 0 Å². The molecule has 1 aliphatic heterocycles. The van der Waals surface area contributed by atoms with E-state index in [-0.39, 0.29) is 11.9 Å². The van der Waals surface area contributed by atoms with Crippen LogP contribution in [0, 0.1) is 6.92 Å². The van der Waals surface area contributed by atoms with Gasteiger partial charge in [-0.3, -0.25) is 14.5 Å². The molecular weight excluding hydrogens is 318 g/mol. The van der Waals surface area contributed by atoms with Crippen molar-refractivity contribution in [3.05, 3.63) is 41.9 Å². The molecule has 0 bridgehead atoms. The van der Waals surface area contributed by atoms with Gasteiger partial charge in [0.05, 0.1) is 5.69 Å². The molecule has 3 aromatic heterocycles. The molecule has 4 heterocycles. The van der Waals surface area contributed by atoms with Crippen molar-refractivity contribution in [2.24, 2.45) is 7.05 Å². The van der Waals surface area contributed by atoms with Gasteiger partial charge in [-0.1, -0.05) is 0 Å². The van der Waals surface area contributed by atoms with Gasteiger partial charge in [0.15, 0.2) is 11.3 Å². The van der Waals surface area contributed by atoms with Gasteiger partial charge in [0.1, 0.15) is 11.3 Å². The zero-order valence-electron chi connectivity index (χ0n) is 14.4. The third kappa shape index (κ3) is 3.09. The number of amides is 1. The number of nitrogens with one attached hydrogen (secondary N) is 1. The van der Waals surface area contributed by atoms with E-state index >= 15 is 0 Å². The molecule has 0 aliphatic carbocycles. The second-order valence-electron chi connectivity index (χ2n) is 6.52. The smallest absolute Gasteiger partial charge is 0.287 e. The maximum atomic E-state index is 12.5. The predicted octanol–water partition coefficient (Wildman–Crippen LogP) is 2.27. The van der Waals surface area contributed by atoms with Gasteiger partial charge in [-0.25, -0.2) is 0 Å². The van der Waals surface area contributed by atoms with Gasteiger partial charge in [-0.15, -0.1) is 0 Å². The molecule has 130 valence electrons. The maximum absolute atomic E-state index is 12.5. The molecular formula is C18H21N5O2. The van der Waals surface area contributed by atoms with E-state index in [2.05, 4.69) is 26.4 Å². The van der Waals surface area contributed by atoms with E-state index in [4.69, 9.17) is 4.42 Å². The monoisotopic (exact) mass is 339 g/mol. The highest BCUT2D eigenvalue weighted by molar-refractivity contribution is 5.95. The van der Waals surface area contributed by atoms with Crippen LogP contribution in [0.25, 0.3) is 11.1 Å². The second kappa shape index (κ2) is 6.23. The quantitative estimate of drug-likeness (QED) is 0.792. The molecule has 0 radical (unpaired) electrons. The van der Waals surface area contributed by atoms with Crippen molar-refractivity contribution in [1.29, 1.82) is 0 Å². The standard InChI is InChI=1S/C18H21N5O2/c1-12-9-17(22(2)21-12)23-8-4-5-13(11-23)20-18(24)16-10-14-15(25-16)6-3-7-19-14/h3,6-7,9-10,13H,4-5,8,11H2,1-2H3,(H,20,24). The number of carbonyl (C=O) groups excluding carboxylic acids is 1. The molecule has 7 heteroatoms. The number of aromatic nitrogens is 3. The van der Waals surface area contributed by atoms with Crippen molar-refractivity contribution < 1.29 is 9.21 Å². The van der Waals surface area contributed by atoms with Gasteiger partial charge in [0.2, 0.25) is 0 Å². The van der Waals surface area contributed by atoms with Gasteiger partial charge in [-0.05, 0) is 31.9 Å². The van der Waals surface area contributed by atoms with Crippen LogP contribution in [0.5, 0.6) is 0 Å². The summed E-state index contributed by atoms with van der Waals surface area (Å²) in [5.74, 6) is 1.21. The van der Waals surface area contributed by atoms with Gasteiger partial charge in [-0.2, -0.15) is 5.10 Å². The molecule has 1 N–H and O–H groups in total. The van der Waals surface area contributed by atoms with Gasteiger partial charge in [0, 0.05) is 44.5 Å². The minimum Gasteiger partial charge on any atom is -0.449 e. The van der Waals surface area contributed by atoms with E-state index in [0.717, 1.165) is 37.4 Å². The summed E-state index contributed by atoms with van der Waals surface area (Å²) >= 11 is 0. The number of piperidine rings is 1. The normalized spacial score (nSPS) is 17.8. The lowest BCUT2D eigenvalue weighted by molar-refractivity contribution is 0.0907. The first-order chi connectivity index (χ1) is 12.1. The fourth-order valence-corrected chi connectivity index (χ4v) is 3.43. The van der Waals surface area contributed by atoms with Crippen molar-refractivity contribution in [2.75, 3.05) is 18.0 Å². The van der Waals surface area contributed by atoms with Crippen LogP contribution in [-0.4, -0.2) is 39.8 Å². The van der Waals surface area contributed by atoms with Crippen LogP contribution >= 0.6 is 0 Å². The van der Waals surface area contributed by atoms with E-state index in [1.165, 1.54) is 0 Å².